The van der Waals surface area contributed by atoms with Crippen molar-refractivity contribution in [3.63, 3.8) is 0 Å². The fraction of sp³-hybridized carbons (Fsp3) is 0.353. The van der Waals surface area contributed by atoms with Gasteiger partial charge in [0.1, 0.15) is 0 Å². The minimum Gasteiger partial charge on any atom is -0.481 e. The Labute approximate surface area is 149 Å². The van der Waals surface area contributed by atoms with Crippen molar-refractivity contribution in [3.05, 3.63) is 34.7 Å². The maximum atomic E-state index is 12.3. The van der Waals surface area contributed by atoms with Gasteiger partial charge in [-0.2, -0.15) is 0 Å². The second kappa shape index (κ2) is 8.80. The Morgan fingerprint density at radius 2 is 2.12 bits per heavy atom. The van der Waals surface area contributed by atoms with E-state index in [0.717, 1.165) is 18.4 Å². The molecular formula is C17H19ClN2O3S. The minimum absolute atomic E-state index is 0.172. The minimum atomic E-state index is -0.970. The molecule has 0 spiro atoms. The summed E-state index contributed by atoms with van der Waals surface area (Å²) in [6.07, 6.45) is 2.11. The molecule has 1 aromatic carbocycles. The fourth-order valence-corrected chi connectivity index (χ4v) is 3.26. The summed E-state index contributed by atoms with van der Waals surface area (Å²) < 4.78 is 0. The van der Waals surface area contributed by atoms with Crippen molar-refractivity contribution in [2.24, 2.45) is 5.92 Å². The highest BCUT2D eigenvalue weighted by atomic mass is 35.5. The van der Waals surface area contributed by atoms with Crippen LogP contribution in [0.1, 0.15) is 32.6 Å². The number of anilines is 1. The number of thiazole rings is 1. The number of carbonyl (C=O) groups is 2. The molecule has 1 aromatic heterocycles. The van der Waals surface area contributed by atoms with Crippen molar-refractivity contribution in [2.45, 2.75) is 32.6 Å². The lowest BCUT2D eigenvalue weighted by Crippen LogP contribution is -2.25. The summed E-state index contributed by atoms with van der Waals surface area (Å²) in [5, 5.41) is 14.6. The number of aromatic nitrogens is 1. The van der Waals surface area contributed by atoms with E-state index in [-0.39, 0.29) is 12.3 Å². The first-order valence-corrected chi connectivity index (χ1v) is 9.00. The second-order valence-corrected chi connectivity index (χ2v) is 6.71. The van der Waals surface area contributed by atoms with E-state index in [0.29, 0.717) is 22.3 Å². The first kappa shape index (κ1) is 18.4. The molecule has 0 bridgehead atoms. The van der Waals surface area contributed by atoms with E-state index in [1.54, 1.807) is 6.07 Å². The maximum Gasteiger partial charge on any atom is 0.304 e. The monoisotopic (exact) mass is 366 g/mol. The summed E-state index contributed by atoms with van der Waals surface area (Å²) in [5.74, 6) is -1.82. The Kier molecular flexibility index (Phi) is 6.75. The standard InChI is InChI=1S/C17H19ClN2O3S/c1-2-3-6-11(9-15(21)22)16(23)20-17-19-14(10-24-17)12-7-4-5-8-13(12)18/h4-5,7-8,10-11H,2-3,6,9H2,1H3,(H,21,22)(H,19,20,23). The summed E-state index contributed by atoms with van der Waals surface area (Å²) in [6.45, 7) is 2.01. The molecule has 0 saturated heterocycles. The smallest absolute Gasteiger partial charge is 0.304 e. The lowest BCUT2D eigenvalue weighted by atomic mass is 9.98. The Morgan fingerprint density at radius 1 is 1.38 bits per heavy atom. The molecule has 24 heavy (non-hydrogen) atoms. The van der Waals surface area contributed by atoms with E-state index in [4.69, 9.17) is 16.7 Å². The van der Waals surface area contributed by atoms with Gasteiger partial charge in [-0.1, -0.05) is 49.6 Å². The third kappa shape index (κ3) is 5.04. The van der Waals surface area contributed by atoms with Gasteiger partial charge in [-0.15, -0.1) is 11.3 Å². The zero-order chi connectivity index (χ0) is 17.5. The summed E-state index contributed by atoms with van der Waals surface area (Å²) in [7, 11) is 0. The molecule has 2 N–H and O–H groups in total. The molecule has 2 aromatic rings. The van der Waals surface area contributed by atoms with E-state index >= 15 is 0 Å². The molecular weight excluding hydrogens is 348 g/mol. The van der Waals surface area contributed by atoms with Crippen molar-refractivity contribution in [2.75, 3.05) is 5.32 Å². The van der Waals surface area contributed by atoms with Gasteiger partial charge in [0, 0.05) is 21.9 Å². The molecule has 0 aliphatic carbocycles. The van der Waals surface area contributed by atoms with Crippen LogP contribution in [0.15, 0.2) is 29.6 Å². The Hall–Kier alpha value is -1.92. The molecule has 0 saturated carbocycles. The van der Waals surface area contributed by atoms with E-state index in [9.17, 15) is 9.59 Å². The van der Waals surface area contributed by atoms with Crippen LogP contribution in [0.4, 0.5) is 5.13 Å². The van der Waals surface area contributed by atoms with Crippen LogP contribution in [0.2, 0.25) is 5.02 Å². The number of aliphatic carboxylic acids is 1. The first-order chi connectivity index (χ1) is 11.5. The Balaban J connectivity index is 2.08. The van der Waals surface area contributed by atoms with E-state index < -0.39 is 11.9 Å². The predicted octanol–water partition coefficient (Wildman–Crippen LogP) is 4.68. The highest BCUT2D eigenvalue weighted by Crippen LogP contribution is 2.30. The van der Waals surface area contributed by atoms with Crippen molar-refractivity contribution < 1.29 is 14.7 Å². The highest BCUT2D eigenvalue weighted by molar-refractivity contribution is 7.14. The molecule has 2 rings (SSSR count). The molecule has 1 unspecified atom stereocenters. The van der Waals surface area contributed by atoms with Gasteiger partial charge < -0.3 is 10.4 Å². The number of halogens is 1. The largest absolute Gasteiger partial charge is 0.481 e. The molecule has 0 aliphatic heterocycles. The van der Waals surface area contributed by atoms with Gasteiger partial charge in [-0.25, -0.2) is 4.98 Å². The summed E-state index contributed by atoms with van der Waals surface area (Å²) in [4.78, 5) is 27.7. The quantitative estimate of drug-likeness (QED) is 0.710. The molecule has 128 valence electrons. The van der Waals surface area contributed by atoms with Crippen LogP contribution in [0.3, 0.4) is 0 Å². The number of benzene rings is 1. The fourth-order valence-electron chi connectivity index (χ4n) is 2.32. The van der Waals surface area contributed by atoms with E-state index in [1.165, 1.54) is 11.3 Å². The van der Waals surface area contributed by atoms with Gasteiger partial charge >= 0.3 is 5.97 Å². The number of nitrogens with one attached hydrogen (secondary N) is 1. The molecule has 0 aliphatic rings. The molecule has 1 heterocycles. The summed E-state index contributed by atoms with van der Waals surface area (Å²) >= 11 is 7.44. The molecule has 7 heteroatoms. The van der Waals surface area contributed by atoms with Gasteiger partial charge in [0.2, 0.25) is 5.91 Å². The zero-order valence-corrected chi connectivity index (χ0v) is 14.9. The number of rotatable bonds is 8. The van der Waals surface area contributed by atoms with Crippen molar-refractivity contribution in [1.29, 1.82) is 0 Å². The first-order valence-electron chi connectivity index (χ1n) is 7.74. The van der Waals surface area contributed by atoms with Crippen LogP contribution >= 0.6 is 22.9 Å². The van der Waals surface area contributed by atoms with Gasteiger partial charge in [0.05, 0.1) is 12.1 Å². The third-order valence-corrected chi connectivity index (χ3v) is 4.67. The predicted molar refractivity (Wildman–Crippen MR) is 96.5 cm³/mol. The molecule has 0 radical (unpaired) electrons. The topological polar surface area (TPSA) is 79.3 Å². The SMILES string of the molecule is CCCCC(CC(=O)O)C(=O)Nc1nc(-c2ccccc2Cl)cs1. The van der Waals surface area contributed by atoms with Crippen LogP contribution in [0.25, 0.3) is 11.3 Å². The molecule has 1 atom stereocenters. The molecule has 5 nitrogen and oxygen atoms in total. The number of carboxylic acid groups (broad SMARTS) is 1. The van der Waals surface area contributed by atoms with Crippen molar-refractivity contribution in [3.8, 4) is 11.3 Å². The number of carboxylic acids is 1. The van der Waals surface area contributed by atoms with Gasteiger partial charge in [-0.3, -0.25) is 9.59 Å². The Morgan fingerprint density at radius 3 is 2.79 bits per heavy atom. The maximum absolute atomic E-state index is 12.3. The van der Waals surface area contributed by atoms with Crippen LogP contribution in [-0.2, 0) is 9.59 Å². The summed E-state index contributed by atoms with van der Waals surface area (Å²) in [6, 6.07) is 7.34. The highest BCUT2D eigenvalue weighted by Gasteiger charge is 2.22. The van der Waals surface area contributed by atoms with Crippen LogP contribution < -0.4 is 5.32 Å². The van der Waals surface area contributed by atoms with Crippen LogP contribution in [-0.4, -0.2) is 22.0 Å². The van der Waals surface area contributed by atoms with E-state index in [1.807, 2.05) is 30.5 Å². The lowest BCUT2D eigenvalue weighted by molar-refractivity contribution is -0.140. The molecule has 1 amide bonds. The van der Waals surface area contributed by atoms with Crippen LogP contribution in [0.5, 0.6) is 0 Å². The normalized spacial score (nSPS) is 11.9. The van der Waals surface area contributed by atoms with Crippen molar-refractivity contribution >= 4 is 39.9 Å². The molecule has 0 fully saturated rings. The number of hydrogen-bond acceptors (Lipinski definition) is 4. The summed E-state index contributed by atoms with van der Waals surface area (Å²) in [5.41, 5.74) is 1.48. The number of nitrogens with zero attached hydrogens (tertiary/aromatic N) is 1. The van der Waals surface area contributed by atoms with Crippen LogP contribution in [0, 0.1) is 5.92 Å². The number of unbranched alkanes of at least 4 members (excludes halogenated alkanes) is 1. The Bertz CT molecular complexity index is 717. The lowest BCUT2D eigenvalue weighted by Gasteiger charge is -2.13. The van der Waals surface area contributed by atoms with Gasteiger partial charge in [0.25, 0.3) is 0 Å². The van der Waals surface area contributed by atoms with Gasteiger partial charge in [0.15, 0.2) is 5.13 Å². The third-order valence-electron chi connectivity index (χ3n) is 3.58. The van der Waals surface area contributed by atoms with Gasteiger partial charge in [-0.05, 0) is 12.5 Å². The number of carbonyl (C=O) groups excluding carboxylic acids is 1. The van der Waals surface area contributed by atoms with E-state index in [2.05, 4.69) is 10.3 Å². The number of amides is 1. The second-order valence-electron chi connectivity index (χ2n) is 5.44. The zero-order valence-electron chi connectivity index (χ0n) is 13.3. The number of hydrogen-bond donors (Lipinski definition) is 2. The average molecular weight is 367 g/mol. The average Bonchev–Trinajstić information content (AvgIpc) is 2.99. The van der Waals surface area contributed by atoms with Crippen molar-refractivity contribution in [1.82, 2.24) is 4.98 Å².